The van der Waals surface area contributed by atoms with Crippen molar-refractivity contribution in [2.24, 2.45) is 0 Å². The van der Waals surface area contributed by atoms with Crippen molar-refractivity contribution in [1.82, 2.24) is 10.2 Å². The smallest absolute Gasteiger partial charge is 0.222 e. The van der Waals surface area contributed by atoms with Gasteiger partial charge in [-0.1, -0.05) is 12.2 Å². The van der Waals surface area contributed by atoms with E-state index in [1.807, 2.05) is 17.9 Å². The standard InChI is InChI=1S/C11H18N2O/c1-2-3-4-5-11(14)13-7-9-6-10(8-13)12-9/h2-3,9-10,12H,4-8H2,1H3. The predicted molar refractivity (Wildman–Crippen MR) is 56.0 cm³/mol. The normalized spacial score (nSPS) is 30.5. The second-order valence-electron chi connectivity index (χ2n) is 4.20. The van der Waals surface area contributed by atoms with Crippen LogP contribution in [0.25, 0.3) is 0 Å². The van der Waals surface area contributed by atoms with Crippen molar-refractivity contribution in [3.05, 3.63) is 12.2 Å². The molecular weight excluding hydrogens is 176 g/mol. The Morgan fingerprint density at radius 2 is 2.14 bits per heavy atom. The van der Waals surface area contributed by atoms with Gasteiger partial charge in [-0.25, -0.2) is 0 Å². The molecular formula is C11H18N2O. The van der Waals surface area contributed by atoms with Gasteiger partial charge in [0.15, 0.2) is 0 Å². The zero-order valence-corrected chi connectivity index (χ0v) is 8.70. The summed E-state index contributed by atoms with van der Waals surface area (Å²) in [5.74, 6) is 0.319. The van der Waals surface area contributed by atoms with E-state index in [0.717, 1.165) is 19.5 Å². The molecule has 2 unspecified atom stereocenters. The van der Waals surface area contributed by atoms with E-state index in [4.69, 9.17) is 0 Å². The van der Waals surface area contributed by atoms with E-state index in [9.17, 15) is 4.79 Å². The van der Waals surface area contributed by atoms with Crippen LogP contribution in [0.5, 0.6) is 0 Å². The molecule has 0 aliphatic carbocycles. The van der Waals surface area contributed by atoms with Crippen molar-refractivity contribution in [2.45, 2.75) is 38.3 Å². The summed E-state index contributed by atoms with van der Waals surface area (Å²) >= 11 is 0. The van der Waals surface area contributed by atoms with Crippen LogP contribution in [-0.4, -0.2) is 36.0 Å². The average Bonchev–Trinajstić information content (AvgIpc) is 2.17. The third kappa shape index (κ3) is 1.98. The van der Waals surface area contributed by atoms with Crippen LogP contribution in [0.2, 0.25) is 0 Å². The summed E-state index contributed by atoms with van der Waals surface area (Å²) < 4.78 is 0. The maximum Gasteiger partial charge on any atom is 0.222 e. The molecule has 3 heteroatoms. The molecule has 3 saturated heterocycles. The maximum absolute atomic E-state index is 11.7. The van der Waals surface area contributed by atoms with Gasteiger partial charge in [0.1, 0.15) is 0 Å². The van der Waals surface area contributed by atoms with Crippen molar-refractivity contribution in [2.75, 3.05) is 13.1 Å². The van der Waals surface area contributed by atoms with Crippen molar-refractivity contribution < 1.29 is 4.79 Å². The summed E-state index contributed by atoms with van der Waals surface area (Å²) in [6, 6.07) is 1.17. The third-order valence-corrected chi connectivity index (χ3v) is 3.04. The lowest BCUT2D eigenvalue weighted by molar-refractivity contribution is -0.135. The van der Waals surface area contributed by atoms with Crippen LogP contribution in [0.3, 0.4) is 0 Å². The van der Waals surface area contributed by atoms with E-state index in [1.54, 1.807) is 0 Å². The largest absolute Gasteiger partial charge is 0.340 e. The first-order valence-corrected chi connectivity index (χ1v) is 5.44. The molecule has 3 heterocycles. The minimum atomic E-state index is 0.319. The number of carbonyl (C=O) groups is 1. The van der Waals surface area contributed by atoms with Gasteiger partial charge in [0, 0.05) is 31.6 Å². The molecule has 14 heavy (non-hydrogen) atoms. The zero-order valence-electron chi connectivity index (χ0n) is 8.70. The van der Waals surface area contributed by atoms with Gasteiger partial charge >= 0.3 is 0 Å². The van der Waals surface area contributed by atoms with Gasteiger partial charge in [0.05, 0.1) is 0 Å². The van der Waals surface area contributed by atoms with E-state index < -0.39 is 0 Å². The lowest BCUT2D eigenvalue weighted by Gasteiger charge is -2.48. The number of hydrogen-bond donors (Lipinski definition) is 1. The van der Waals surface area contributed by atoms with Gasteiger partial charge in [0.2, 0.25) is 5.91 Å². The van der Waals surface area contributed by atoms with Gasteiger partial charge in [-0.15, -0.1) is 0 Å². The van der Waals surface area contributed by atoms with Gasteiger partial charge in [-0.05, 0) is 19.8 Å². The minimum Gasteiger partial charge on any atom is -0.340 e. The number of amides is 1. The van der Waals surface area contributed by atoms with Gasteiger partial charge in [-0.2, -0.15) is 0 Å². The summed E-state index contributed by atoms with van der Waals surface area (Å²) in [6.07, 6.45) is 6.88. The quantitative estimate of drug-likeness (QED) is 0.677. The predicted octanol–water partition coefficient (Wildman–Crippen LogP) is 0.915. The molecule has 78 valence electrons. The number of rotatable bonds is 3. The molecule has 0 aromatic carbocycles. The highest BCUT2D eigenvalue weighted by Crippen LogP contribution is 2.21. The third-order valence-electron chi connectivity index (χ3n) is 3.04. The highest BCUT2D eigenvalue weighted by molar-refractivity contribution is 5.76. The Bertz CT molecular complexity index is 234. The SMILES string of the molecule is CC=CCCC(=O)N1CC2CC(C1)N2. The first-order chi connectivity index (χ1) is 6.79. The number of allylic oxidation sites excluding steroid dienone is 2. The maximum atomic E-state index is 11.7. The van der Waals surface area contributed by atoms with Crippen molar-refractivity contribution in [3.8, 4) is 0 Å². The molecule has 3 aliphatic heterocycles. The van der Waals surface area contributed by atoms with E-state index >= 15 is 0 Å². The molecule has 0 spiro atoms. The van der Waals surface area contributed by atoms with Crippen LogP contribution < -0.4 is 5.32 Å². The zero-order chi connectivity index (χ0) is 9.97. The number of nitrogens with one attached hydrogen (secondary N) is 1. The van der Waals surface area contributed by atoms with Crippen molar-refractivity contribution in [1.29, 1.82) is 0 Å². The molecule has 0 aromatic heterocycles. The summed E-state index contributed by atoms with van der Waals surface area (Å²) in [4.78, 5) is 13.7. The molecule has 3 rings (SSSR count). The first-order valence-electron chi connectivity index (χ1n) is 5.44. The Balaban J connectivity index is 1.75. The van der Waals surface area contributed by atoms with Crippen LogP contribution in [0.15, 0.2) is 12.2 Å². The number of carbonyl (C=O) groups excluding carboxylic acids is 1. The average molecular weight is 194 g/mol. The number of fused-ring (bicyclic) bond motifs is 2. The van der Waals surface area contributed by atoms with E-state index in [-0.39, 0.29) is 0 Å². The minimum absolute atomic E-state index is 0.319. The van der Waals surface area contributed by atoms with E-state index in [2.05, 4.69) is 11.4 Å². The fourth-order valence-corrected chi connectivity index (χ4v) is 2.25. The molecule has 1 N–H and O–H groups in total. The highest BCUT2D eigenvalue weighted by atomic mass is 16.2. The van der Waals surface area contributed by atoms with Gasteiger partial charge < -0.3 is 10.2 Å². The molecule has 3 fully saturated rings. The number of piperazine rings is 1. The highest BCUT2D eigenvalue weighted by Gasteiger charge is 2.37. The molecule has 3 aliphatic rings. The van der Waals surface area contributed by atoms with Gasteiger partial charge in [0.25, 0.3) is 0 Å². The summed E-state index contributed by atoms with van der Waals surface area (Å²) in [5.41, 5.74) is 0. The summed E-state index contributed by atoms with van der Waals surface area (Å²) in [7, 11) is 0. The lowest BCUT2D eigenvalue weighted by Crippen LogP contribution is -2.67. The summed E-state index contributed by atoms with van der Waals surface area (Å²) in [6.45, 7) is 3.83. The fourth-order valence-electron chi connectivity index (χ4n) is 2.25. The molecule has 1 amide bonds. The molecule has 0 aromatic rings. The fraction of sp³-hybridized carbons (Fsp3) is 0.727. The Kier molecular flexibility index (Phi) is 2.87. The number of hydrogen-bond acceptors (Lipinski definition) is 2. The Hall–Kier alpha value is -0.830. The second kappa shape index (κ2) is 4.13. The molecule has 2 bridgehead atoms. The van der Waals surface area contributed by atoms with Crippen LogP contribution in [0.1, 0.15) is 26.2 Å². The van der Waals surface area contributed by atoms with Gasteiger partial charge in [-0.3, -0.25) is 4.79 Å². The van der Waals surface area contributed by atoms with Crippen molar-refractivity contribution in [3.63, 3.8) is 0 Å². The molecule has 0 radical (unpaired) electrons. The Morgan fingerprint density at radius 1 is 1.50 bits per heavy atom. The van der Waals surface area contributed by atoms with E-state index in [0.29, 0.717) is 24.4 Å². The number of piperidine rings is 1. The van der Waals surface area contributed by atoms with Crippen LogP contribution in [0, 0.1) is 0 Å². The van der Waals surface area contributed by atoms with Crippen LogP contribution >= 0.6 is 0 Å². The Morgan fingerprint density at radius 3 is 2.71 bits per heavy atom. The first kappa shape index (κ1) is 9.71. The topological polar surface area (TPSA) is 32.3 Å². The molecule has 3 nitrogen and oxygen atoms in total. The summed E-state index contributed by atoms with van der Waals surface area (Å²) in [5, 5.41) is 3.42. The molecule has 0 saturated carbocycles. The monoisotopic (exact) mass is 194 g/mol. The van der Waals surface area contributed by atoms with Crippen LogP contribution in [0.4, 0.5) is 0 Å². The van der Waals surface area contributed by atoms with Crippen molar-refractivity contribution >= 4 is 5.91 Å². The van der Waals surface area contributed by atoms with E-state index in [1.165, 1.54) is 6.42 Å². The molecule has 2 atom stereocenters. The second-order valence-corrected chi connectivity index (χ2v) is 4.20. The number of nitrogens with zero attached hydrogens (tertiary/aromatic N) is 1. The van der Waals surface area contributed by atoms with Crippen LogP contribution in [-0.2, 0) is 4.79 Å². The lowest BCUT2D eigenvalue weighted by atomic mass is 9.91. The Labute approximate surface area is 85.2 Å².